The summed E-state index contributed by atoms with van der Waals surface area (Å²) >= 11 is 0. The van der Waals surface area contributed by atoms with Gasteiger partial charge in [-0.05, 0) is 12.1 Å². The van der Waals surface area contributed by atoms with Crippen LogP contribution in [0.25, 0.3) is 0 Å². The lowest BCUT2D eigenvalue weighted by Gasteiger charge is -2.00. The van der Waals surface area contributed by atoms with Gasteiger partial charge in [0.15, 0.2) is 0 Å². The first-order valence-corrected chi connectivity index (χ1v) is 5.47. The summed E-state index contributed by atoms with van der Waals surface area (Å²) in [4.78, 5) is 9.30. The van der Waals surface area contributed by atoms with Crippen LogP contribution in [0.15, 0.2) is 23.1 Å². The molecule has 0 aliphatic heterocycles. The maximum Gasteiger partial charge on any atom is 0.304 e. The summed E-state index contributed by atoms with van der Waals surface area (Å²) in [5.74, 6) is -1.07. The number of halogens is 1. The maximum absolute atomic E-state index is 13.0. The van der Waals surface area contributed by atoms with Crippen LogP contribution in [0.2, 0.25) is 0 Å². The van der Waals surface area contributed by atoms with E-state index in [1.54, 1.807) is 0 Å². The Kier molecular flexibility index (Phi) is 2.52. The topological polar surface area (TPSA) is 84.1 Å². The second-order valence-corrected chi connectivity index (χ2v) is 4.87. The molecule has 0 amide bonds. The molecule has 0 heterocycles. The first-order chi connectivity index (χ1) is 6.32. The second-order valence-electron chi connectivity index (χ2n) is 2.71. The van der Waals surface area contributed by atoms with Crippen molar-refractivity contribution in [3.8, 4) is 0 Å². The highest BCUT2D eigenvalue weighted by Crippen LogP contribution is 2.20. The Morgan fingerprint density at radius 1 is 1.57 bits per heavy atom. The van der Waals surface area contributed by atoms with E-state index >= 15 is 0 Å². The van der Waals surface area contributed by atoms with Gasteiger partial charge in [-0.3, -0.25) is 10.1 Å². The first kappa shape index (κ1) is 10.6. The molecule has 0 radical (unpaired) electrons. The minimum Gasteiger partial charge on any atom is -0.258 e. The minimum atomic E-state index is -3.03. The molecule has 14 heavy (non-hydrogen) atoms. The smallest absolute Gasteiger partial charge is 0.258 e. The molecule has 1 aromatic carbocycles. The fraction of sp³-hybridized carbons (Fsp3) is 0.143. The van der Waals surface area contributed by atoms with Gasteiger partial charge < -0.3 is 0 Å². The summed E-state index contributed by atoms with van der Waals surface area (Å²) in [6, 6.07) is 2.78. The van der Waals surface area contributed by atoms with Crippen molar-refractivity contribution in [1.82, 2.24) is 0 Å². The third-order valence-corrected chi connectivity index (χ3v) is 2.72. The van der Waals surface area contributed by atoms with E-state index in [1.807, 2.05) is 0 Å². The standard InChI is InChI=1S/C7H7FN2O3S/c1-14(9,13)5-2-3-7(10(11)12)6(8)4-5/h2-4,9H,1H3. The molecule has 1 unspecified atom stereocenters. The average Bonchev–Trinajstić information content (AvgIpc) is 2.01. The lowest BCUT2D eigenvalue weighted by atomic mass is 10.3. The van der Waals surface area contributed by atoms with Crippen molar-refractivity contribution in [3.63, 3.8) is 0 Å². The maximum atomic E-state index is 13.0. The van der Waals surface area contributed by atoms with Crippen LogP contribution in [-0.2, 0) is 9.73 Å². The molecule has 7 heteroatoms. The third-order valence-electron chi connectivity index (χ3n) is 1.57. The Hall–Kier alpha value is -1.50. The SMILES string of the molecule is CS(=N)(=O)c1ccc([N+](=O)[O-])c(F)c1. The van der Waals surface area contributed by atoms with Crippen LogP contribution >= 0.6 is 0 Å². The zero-order chi connectivity index (χ0) is 10.9. The zero-order valence-electron chi connectivity index (χ0n) is 7.19. The number of hydrogen-bond donors (Lipinski definition) is 1. The lowest BCUT2D eigenvalue weighted by molar-refractivity contribution is -0.387. The van der Waals surface area contributed by atoms with Crippen molar-refractivity contribution in [2.75, 3.05) is 6.26 Å². The van der Waals surface area contributed by atoms with Gasteiger partial charge in [0.05, 0.1) is 19.5 Å². The summed E-state index contributed by atoms with van der Waals surface area (Å²) in [5.41, 5.74) is -0.683. The Labute approximate surface area is 79.7 Å². The summed E-state index contributed by atoms with van der Waals surface area (Å²) < 4.78 is 31.3. The third kappa shape index (κ3) is 2.05. The fourth-order valence-corrected chi connectivity index (χ4v) is 1.53. The normalized spacial score (nSPS) is 14.7. The first-order valence-electron chi connectivity index (χ1n) is 3.50. The molecule has 76 valence electrons. The van der Waals surface area contributed by atoms with Gasteiger partial charge in [-0.2, -0.15) is 4.39 Å². The van der Waals surface area contributed by atoms with Crippen LogP contribution < -0.4 is 0 Å². The van der Waals surface area contributed by atoms with Crippen molar-refractivity contribution in [2.24, 2.45) is 0 Å². The highest BCUT2D eigenvalue weighted by Gasteiger charge is 2.15. The highest BCUT2D eigenvalue weighted by atomic mass is 32.2. The predicted molar refractivity (Wildman–Crippen MR) is 48.1 cm³/mol. The molecule has 0 aliphatic carbocycles. The number of nitrogens with one attached hydrogen (secondary N) is 1. The van der Waals surface area contributed by atoms with E-state index in [2.05, 4.69) is 0 Å². The average molecular weight is 218 g/mol. The van der Waals surface area contributed by atoms with Crippen LogP contribution in [0.4, 0.5) is 10.1 Å². The molecule has 1 rings (SSSR count). The molecule has 0 saturated heterocycles. The van der Waals surface area contributed by atoms with E-state index in [4.69, 9.17) is 4.78 Å². The molecule has 0 bridgehead atoms. The van der Waals surface area contributed by atoms with Gasteiger partial charge in [0.2, 0.25) is 5.82 Å². The van der Waals surface area contributed by atoms with E-state index < -0.39 is 26.2 Å². The summed E-state index contributed by atoms with van der Waals surface area (Å²) in [5, 5.41) is 10.2. The number of benzene rings is 1. The van der Waals surface area contributed by atoms with Gasteiger partial charge in [-0.1, -0.05) is 0 Å². The van der Waals surface area contributed by atoms with E-state index in [0.29, 0.717) is 0 Å². The molecule has 5 nitrogen and oxygen atoms in total. The highest BCUT2D eigenvalue weighted by molar-refractivity contribution is 7.91. The summed E-state index contributed by atoms with van der Waals surface area (Å²) in [6.45, 7) is 0. The Morgan fingerprint density at radius 2 is 2.14 bits per heavy atom. The van der Waals surface area contributed by atoms with Crippen LogP contribution in [0.3, 0.4) is 0 Å². The van der Waals surface area contributed by atoms with Crippen molar-refractivity contribution >= 4 is 15.4 Å². The van der Waals surface area contributed by atoms with Crippen LogP contribution in [0.1, 0.15) is 0 Å². The molecule has 0 aliphatic rings. The monoisotopic (exact) mass is 218 g/mol. The van der Waals surface area contributed by atoms with Crippen molar-refractivity contribution in [3.05, 3.63) is 34.1 Å². The fourth-order valence-electron chi connectivity index (χ4n) is 0.878. The Balaban J connectivity index is 3.34. The number of hydrogen-bond acceptors (Lipinski definition) is 4. The predicted octanol–water partition coefficient (Wildman–Crippen LogP) is 1.77. The molecule has 0 saturated carbocycles. The van der Waals surface area contributed by atoms with Crippen molar-refractivity contribution < 1.29 is 13.5 Å². The molecule has 1 aromatic rings. The molecule has 0 fully saturated rings. The van der Waals surface area contributed by atoms with E-state index in [-0.39, 0.29) is 4.90 Å². The number of rotatable bonds is 2. The largest absolute Gasteiger partial charge is 0.304 e. The van der Waals surface area contributed by atoms with E-state index in [1.165, 1.54) is 0 Å². The van der Waals surface area contributed by atoms with Crippen LogP contribution in [0.5, 0.6) is 0 Å². The van der Waals surface area contributed by atoms with E-state index in [9.17, 15) is 18.7 Å². The number of nitrogens with zero attached hydrogens (tertiary/aromatic N) is 1. The molecule has 0 aromatic heterocycles. The van der Waals surface area contributed by atoms with Gasteiger partial charge in [-0.15, -0.1) is 0 Å². The van der Waals surface area contributed by atoms with Crippen molar-refractivity contribution in [2.45, 2.75) is 4.90 Å². The lowest BCUT2D eigenvalue weighted by Crippen LogP contribution is -1.98. The Bertz CT molecular complexity index is 484. The second kappa shape index (κ2) is 3.33. The number of nitro benzene ring substituents is 1. The van der Waals surface area contributed by atoms with Gasteiger partial charge in [0.25, 0.3) is 0 Å². The Morgan fingerprint density at radius 3 is 2.50 bits per heavy atom. The van der Waals surface area contributed by atoms with Gasteiger partial charge in [0, 0.05) is 12.3 Å². The van der Waals surface area contributed by atoms with Gasteiger partial charge in [0.1, 0.15) is 0 Å². The van der Waals surface area contributed by atoms with Crippen molar-refractivity contribution in [1.29, 1.82) is 4.78 Å². The number of nitro groups is 1. The molecule has 0 spiro atoms. The molecular weight excluding hydrogens is 211 g/mol. The quantitative estimate of drug-likeness (QED) is 0.606. The molecular formula is C7H7FN2O3S. The zero-order valence-corrected chi connectivity index (χ0v) is 8.01. The molecule has 1 atom stereocenters. The summed E-state index contributed by atoms with van der Waals surface area (Å²) in [6.07, 6.45) is 1.12. The summed E-state index contributed by atoms with van der Waals surface area (Å²) in [7, 11) is -3.03. The van der Waals surface area contributed by atoms with Crippen LogP contribution in [-0.4, -0.2) is 15.4 Å². The van der Waals surface area contributed by atoms with Gasteiger partial charge in [-0.25, -0.2) is 8.99 Å². The molecule has 1 N–H and O–H groups in total. The minimum absolute atomic E-state index is 0.0550. The van der Waals surface area contributed by atoms with Crippen LogP contribution in [0, 0.1) is 20.7 Å². The van der Waals surface area contributed by atoms with E-state index in [0.717, 1.165) is 24.5 Å². The van der Waals surface area contributed by atoms with Gasteiger partial charge >= 0.3 is 5.69 Å².